The summed E-state index contributed by atoms with van der Waals surface area (Å²) in [5.41, 5.74) is 1.04. The Morgan fingerprint density at radius 3 is 2.50 bits per heavy atom. The second kappa shape index (κ2) is 7.25. The van der Waals surface area contributed by atoms with E-state index in [9.17, 15) is 4.79 Å². The molecule has 0 spiro atoms. The van der Waals surface area contributed by atoms with Crippen molar-refractivity contribution in [2.24, 2.45) is 5.92 Å². The Kier molecular flexibility index (Phi) is 5.11. The lowest BCUT2D eigenvalue weighted by molar-refractivity contribution is -0.122. The number of piperidine rings is 1. The maximum Gasteiger partial charge on any atom is 0.244 e. The van der Waals surface area contributed by atoms with Crippen molar-refractivity contribution in [1.82, 2.24) is 10.2 Å². The van der Waals surface area contributed by atoms with E-state index in [1.807, 2.05) is 42.3 Å². The molecule has 22 heavy (non-hydrogen) atoms. The van der Waals surface area contributed by atoms with Gasteiger partial charge >= 0.3 is 0 Å². The summed E-state index contributed by atoms with van der Waals surface area (Å²) in [6, 6.07) is 10.2. The average molecular weight is 301 g/mol. The maximum absolute atomic E-state index is 12.7. The van der Waals surface area contributed by atoms with Gasteiger partial charge in [-0.3, -0.25) is 9.69 Å². The monoisotopic (exact) mass is 301 g/mol. The highest BCUT2D eigenvalue weighted by atomic mass is 16.2. The van der Waals surface area contributed by atoms with E-state index < -0.39 is 0 Å². The van der Waals surface area contributed by atoms with E-state index in [-0.39, 0.29) is 6.04 Å². The first-order chi connectivity index (χ1) is 10.8. The topological polar surface area (TPSA) is 35.6 Å². The largest absolute Gasteiger partial charge is 0.320 e. The standard InChI is InChI=1S/C18H27N3O/c1-19-11-7-15-8-12-20(13-9-15)17-10-14-21(18(17)22)16-5-3-2-4-6-16/h2-6,15,17,19H,7-14H2,1H3. The van der Waals surface area contributed by atoms with Crippen LogP contribution in [0.4, 0.5) is 5.69 Å². The third kappa shape index (κ3) is 3.33. The third-order valence-corrected chi connectivity index (χ3v) is 5.14. The molecule has 1 amide bonds. The molecule has 2 aliphatic rings. The Hall–Kier alpha value is -1.39. The van der Waals surface area contributed by atoms with Gasteiger partial charge in [-0.05, 0) is 70.4 Å². The van der Waals surface area contributed by atoms with Crippen molar-refractivity contribution < 1.29 is 4.79 Å². The van der Waals surface area contributed by atoms with Gasteiger partial charge in [0, 0.05) is 12.2 Å². The van der Waals surface area contributed by atoms with Gasteiger partial charge in [0.25, 0.3) is 0 Å². The quantitative estimate of drug-likeness (QED) is 0.905. The van der Waals surface area contributed by atoms with Crippen LogP contribution in [-0.2, 0) is 4.79 Å². The zero-order chi connectivity index (χ0) is 15.4. The summed E-state index contributed by atoms with van der Waals surface area (Å²) in [6.07, 6.45) is 4.70. The Morgan fingerprint density at radius 1 is 1.09 bits per heavy atom. The van der Waals surface area contributed by atoms with Crippen molar-refractivity contribution in [3.63, 3.8) is 0 Å². The van der Waals surface area contributed by atoms with E-state index in [0.29, 0.717) is 5.91 Å². The number of likely N-dealkylation sites (tertiary alicyclic amines) is 1. The van der Waals surface area contributed by atoms with Gasteiger partial charge in [0.2, 0.25) is 5.91 Å². The van der Waals surface area contributed by atoms with Crippen LogP contribution in [0.25, 0.3) is 0 Å². The fourth-order valence-corrected chi connectivity index (χ4v) is 3.77. The summed E-state index contributed by atoms with van der Waals surface area (Å²) in [5, 5.41) is 3.24. The lowest BCUT2D eigenvalue weighted by Crippen LogP contribution is -2.46. The SMILES string of the molecule is CNCCC1CCN(C2CCN(c3ccccc3)C2=O)CC1. The summed E-state index contributed by atoms with van der Waals surface area (Å²) in [7, 11) is 2.02. The van der Waals surface area contributed by atoms with Crippen molar-refractivity contribution in [3.05, 3.63) is 30.3 Å². The van der Waals surface area contributed by atoms with Crippen LogP contribution in [0.2, 0.25) is 0 Å². The summed E-state index contributed by atoms with van der Waals surface area (Å²) in [4.78, 5) is 17.1. The van der Waals surface area contributed by atoms with E-state index in [2.05, 4.69) is 10.2 Å². The second-order valence-electron chi connectivity index (χ2n) is 6.50. The van der Waals surface area contributed by atoms with Gasteiger partial charge in [-0.2, -0.15) is 0 Å². The summed E-state index contributed by atoms with van der Waals surface area (Å²) in [6.45, 7) is 4.11. The van der Waals surface area contributed by atoms with Gasteiger partial charge in [0.05, 0.1) is 6.04 Å². The molecule has 4 heteroatoms. The number of rotatable bonds is 5. The highest BCUT2D eigenvalue weighted by Gasteiger charge is 2.37. The van der Waals surface area contributed by atoms with Gasteiger partial charge in [-0.25, -0.2) is 0 Å². The smallest absolute Gasteiger partial charge is 0.244 e. The maximum atomic E-state index is 12.7. The molecule has 2 fully saturated rings. The van der Waals surface area contributed by atoms with Crippen LogP contribution in [0.15, 0.2) is 30.3 Å². The molecular weight excluding hydrogens is 274 g/mol. The minimum Gasteiger partial charge on any atom is -0.320 e. The van der Waals surface area contributed by atoms with Crippen LogP contribution < -0.4 is 10.2 Å². The molecular formula is C18H27N3O. The second-order valence-corrected chi connectivity index (χ2v) is 6.50. The number of anilines is 1. The van der Waals surface area contributed by atoms with Gasteiger partial charge in [0.1, 0.15) is 0 Å². The fourth-order valence-electron chi connectivity index (χ4n) is 3.77. The Labute approximate surface area is 133 Å². The molecule has 2 heterocycles. The van der Waals surface area contributed by atoms with Crippen molar-refractivity contribution in [2.75, 3.05) is 38.1 Å². The zero-order valence-electron chi connectivity index (χ0n) is 13.5. The van der Waals surface area contributed by atoms with E-state index in [4.69, 9.17) is 0 Å². The Bertz CT molecular complexity index is 482. The van der Waals surface area contributed by atoms with Crippen LogP contribution in [0.1, 0.15) is 25.7 Å². The van der Waals surface area contributed by atoms with E-state index >= 15 is 0 Å². The van der Waals surface area contributed by atoms with Crippen LogP contribution in [0, 0.1) is 5.92 Å². The van der Waals surface area contributed by atoms with Crippen molar-refractivity contribution in [2.45, 2.75) is 31.7 Å². The molecule has 1 unspecified atom stereocenters. The van der Waals surface area contributed by atoms with Gasteiger partial charge < -0.3 is 10.2 Å². The molecule has 1 aromatic rings. The first kappa shape index (κ1) is 15.5. The first-order valence-electron chi connectivity index (χ1n) is 8.54. The predicted octanol–water partition coefficient (Wildman–Crippen LogP) is 2.11. The molecule has 2 saturated heterocycles. The summed E-state index contributed by atoms with van der Waals surface area (Å²) >= 11 is 0. The first-order valence-corrected chi connectivity index (χ1v) is 8.54. The summed E-state index contributed by atoms with van der Waals surface area (Å²) < 4.78 is 0. The molecule has 120 valence electrons. The highest BCUT2D eigenvalue weighted by Crippen LogP contribution is 2.28. The number of hydrogen-bond donors (Lipinski definition) is 1. The third-order valence-electron chi connectivity index (χ3n) is 5.14. The molecule has 1 aromatic carbocycles. The lowest BCUT2D eigenvalue weighted by Gasteiger charge is -2.35. The van der Waals surface area contributed by atoms with Crippen LogP contribution in [0.5, 0.6) is 0 Å². The van der Waals surface area contributed by atoms with E-state index in [1.165, 1.54) is 19.3 Å². The van der Waals surface area contributed by atoms with Gasteiger partial charge in [-0.1, -0.05) is 18.2 Å². The van der Waals surface area contributed by atoms with Crippen molar-refractivity contribution in [1.29, 1.82) is 0 Å². The normalized spacial score (nSPS) is 24.1. The Morgan fingerprint density at radius 2 is 1.82 bits per heavy atom. The summed E-state index contributed by atoms with van der Waals surface area (Å²) in [5.74, 6) is 1.12. The number of carbonyl (C=O) groups is 1. The van der Waals surface area contributed by atoms with Crippen LogP contribution in [0.3, 0.4) is 0 Å². The molecule has 0 saturated carbocycles. The number of amides is 1. The minimum absolute atomic E-state index is 0.102. The Balaban J connectivity index is 1.55. The zero-order valence-corrected chi connectivity index (χ0v) is 13.5. The highest BCUT2D eigenvalue weighted by molar-refractivity contribution is 5.99. The van der Waals surface area contributed by atoms with Crippen LogP contribution in [-0.4, -0.2) is 50.1 Å². The van der Waals surface area contributed by atoms with E-state index in [0.717, 1.165) is 44.2 Å². The molecule has 3 rings (SSSR count). The lowest BCUT2D eigenvalue weighted by atomic mass is 9.92. The van der Waals surface area contributed by atoms with Gasteiger partial charge in [0.15, 0.2) is 0 Å². The van der Waals surface area contributed by atoms with E-state index in [1.54, 1.807) is 0 Å². The fraction of sp³-hybridized carbons (Fsp3) is 0.611. The molecule has 2 aliphatic heterocycles. The molecule has 0 radical (unpaired) electrons. The number of benzene rings is 1. The molecule has 0 aliphatic carbocycles. The number of nitrogens with zero attached hydrogens (tertiary/aromatic N) is 2. The number of nitrogens with one attached hydrogen (secondary N) is 1. The number of para-hydroxylation sites is 1. The minimum atomic E-state index is 0.102. The predicted molar refractivity (Wildman–Crippen MR) is 90.0 cm³/mol. The number of carbonyl (C=O) groups excluding carboxylic acids is 1. The van der Waals surface area contributed by atoms with Crippen molar-refractivity contribution >= 4 is 11.6 Å². The van der Waals surface area contributed by atoms with Crippen molar-refractivity contribution in [3.8, 4) is 0 Å². The molecule has 0 bridgehead atoms. The van der Waals surface area contributed by atoms with Crippen LogP contribution >= 0.6 is 0 Å². The molecule has 1 N–H and O–H groups in total. The average Bonchev–Trinajstić information content (AvgIpc) is 2.96. The van der Waals surface area contributed by atoms with Gasteiger partial charge in [-0.15, -0.1) is 0 Å². The molecule has 4 nitrogen and oxygen atoms in total. The molecule has 0 aromatic heterocycles. The number of hydrogen-bond acceptors (Lipinski definition) is 3. The molecule has 1 atom stereocenters.